The number of hydrogen-bond acceptors (Lipinski definition) is 3. The highest BCUT2D eigenvalue weighted by atomic mass is 35.5. The third kappa shape index (κ3) is 5.69. The zero-order valence-corrected chi connectivity index (χ0v) is 13.9. The van der Waals surface area contributed by atoms with E-state index < -0.39 is 10.0 Å². The van der Waals surface area contributed by atoms with Crippen LogP contribution in [0.1, 0.15) is 26.3 Å². The third-order valence-electron chi connectivity index (χ3n) is 3.24. The molecule has 0 heterocycles. The van der Waals surface area contributed by atoms with Crippen LogP contribution in [-0.2, 0) is 10.0 Å². The van der Waals surface area contributed by atoms with Gasteiger partial charge in [0.1, 0.15) is 5.75 Å². The summed E-state index contributed by atoms with van der Waals surface area (Å²) in [4.78, 5) is 0. The number of primary sulfonamides is 1. The molecule has 0 aliphatic heterocycles. The number of halogens is 1. The summed E-state index contributed by atoms with van der Waals surface area (Å²) < 4.78 is 28.3. The van der Waals surface area contributed by atoms with E-state index in [9.17, 15) is 8.42 Å². The van der Waals surface area contributed by atoms with Gasteiger partial charge in [-0.1, -0.05) is 32.4 Å². The van der Waals surface area contributed by atoms with Gasteiger partial charge in [-0.3, -0.25) is 0 Å². The Kier molecular flexibility index (Phi) is 5.46. The quantitative estimate of drug-likeness (QED) is 0.907. The van der Waals surface area contributed by atoms with E-state index >= 15 is 0 Å². The van der Waals surface area contributed by atoms with E-state index in [0.717, 1.165) is 5.56 Å². The third-order valence-corrected chi connectivity index (χ3v) is 4.53. The number of aryl methyl sites for hydroxylation is 1. The van der Waals surface area contributed by atoms with E-state index in [4.69, 9.17) is 21.5 Å². The van der Waals surface area contributed by atoms with Crippen LogP contribution in [-0.4, -0.2) is 20.8 Å². The number of ether oxygens (including phenoxy) is 1. The SMILES string of the molecule is Cc1cc(OCC(CS(N)(=O)=O)C(C)(C)C)ccc1Cl. The van der Waals surface area contributed by atoms with E-state index in [2.05, 4.69) is 0 Å². The fourth-order valence-corrected chi connectivity index (χ4v) is 3.01. The van der Waals surface area contributed by atoms with Crippen molar-refractivity contribution in [2.75, 3.05) is 12.4 Å². The highest BCUT2D eigenvalue weighted by Gasteiger charge is 2.29. The molecule has 1 atom stereocenters. The van der Waals surface area contributed by atoms with Crippen LogP contribution in [0.3, 0.4) is 0 Å². The van der Waals surface area contributed by atoms with Crippen LogP contribution in [0.2, 0.25) is 5.02 Å². The van der Waals surface area contributed by atoms with Gasteiger partial charge in [-0.25, -0.2) is 13.6 Å². The summed E-state index contributed by atoms with van der Waals surface area (Å²) in [7, 11) is -3.53. The molecule has 0 bridgehead atoms. The number of benzene rings is 1. The van der Waals surface area contributed by atoms with Crippen molar-refractivity contribution in [1.82, 2.24) is 0 Å². The van der Waals surface area contributed by atoms with Crippen molar-refractivity contribution in [3.05, 3.63) is 28.8 Å². The first-order valence-electron chi connectivity index (χ1n) is 6.38. The van der Waals surface area contributed by atoms with Crippen molar-refractivity contribution >= 4 is 21.6 Å². The molecule has 20 heavy (non-hydrogen) atoms. The second-order valence-corrected chi connectivity index (χ2v) is 8.18. The molecular formula is C14H22ClNO3S. The lowest BCUT2D eigenvalue weighted by molar-refractivity contribution is 0.163. The van der Waals surface area contributed by atoms with Gasteiger partial charge in [0.25, 0.3) is 0 Å². The minimum absolute atomic E-state index is 0.0942. The summed E-state index contributed by atoms with van der Waals surface area (Å²) in [6, 6.07) is 5.36. The summed E-state index contributed by atoms with van der Waals surface area (Å²) in [6.07, 6.45) is 0. The van der Waals surface area contributed by atoms with E-state index in [1.807, 2.05) is 33.8 Å². The normalized spacial score (nSPS) is 14.1. The molecule has 0 saturated carbocycles. The van der Waals surface area contributed by atoms with Gasteiger partial charge in [0.2, 0.25) is 10.0 Å². The van der Waals surface area contributed by atoms with Gasteiger partial charge in [-0.15, -0.1) is 0 Å². The molecule has 0 aliphatic carbocycles. The lowest BCUT2D eigenvalue weighted by atomic mass is 9.82. The maximum Gasteiger partial charge on any atom is 0.209 e. The van der Waals surface area contributed by atoms with Gasteiger partial charge in [0.15, 0.2) is 0 Å². The van der Waals surface area contributed by atoms with Gasteiger partial charge in [0.05, 0.1) is 12.4 Å². The van der Waals surface area contributed by atoms with Crippen LogP contribution in [0.5, 0.6) is 5.75 Å². The molecule has 0 spiro atoms. The van der Waals surface area contributed by atoms with Crippen LogP contribution < -0.4 is 9.88 Å². The average Bonchev–Trinajstić information content (AvgIpc) is 2.26. The van der Waals surface area contributed by atoms with Crippen molar-refractivity contribution < 1.29 is 13.2 Å². The predicted molar refractivity (Wildman–Crippen MR) is 82.6 cm³/mol. The molecule has 114 valence electrons. The number of nitrogens with two attached hydrogens (primary N) is 1. The monoisotopic (exact) mass is 319 g/mol. The summed E-state index contributed by atoms with van der Waals surface area (Å²) >= 11 is 5.95. The van der Waals surface area contributed by atoms with Gasteiger partial charge in [-0.2, -0.15) is 0 Å². The second-order valence-electron chi connectivity index (χ2n) is 6.11. The van der Waals surface area contributed by atoms with Crippen LogP contribution in [0, 0.1) is 18.3 Å². The molecule has 2 N–H and O–H groups in total. The zero-order valence-electron chi connectivity index (χ0n) is 12.3. The Morgan fingerprint density at radius 2 is 1.95 bits per heavy atom. The van der Waals surface area contributed by atoms with E-state index in [-0.39, 0.29) is 17.1 Å². The van der Waals surface area contributed by atoms with Crippen molar-refractivity contribution in [1.29, 1.82) is 0 Å². The van der Waals surface area contributed by atoms with E-state index in [1.165, 1.54) is 0 Å². The minimum atomic E-state index is -3.53. The molecule has 1 aromatic carbocycles. The molecular weight excluding hydrogens is 298 g/mol. The molecule has 1 unspecified atom stereocenters. The number of sulfonamides is 1. The molecule has 0 fully saturated rings. The number of hydrogen-bond donors (Lipinski definition) is 1. The second kappa shape index (κ2) is 6.33. The van der Waals surface area contributed by atoms with Crippen LogP contribution in [0.4, 0.5) is 0 Å². The summed E-state index contributed by atoms with van der Waals surface area (Å²) in [6.45, 7) is 8.10. The van der Waals surface area contributed by atoms with E-state index in [0.29, 0.717) is 17.4 Å². The van der Waals surface area contributed by atoms with Gasteiger partial charge >= 0.3 is 0 Å². The predicted octanol–water partition coefficient (Wildman–Crippen LogP) is 2.98. The van der Waals surface area contributed by atoms with Crippen molar-refractivity contribution in [3.8, 4) is 5.75 Å². The molecule has 0 aliphatic rings. The molecule has 1 rings (SSSR count). The molecule has 1 aromatic rings. The Morgan fingerprint density at radius 3 is 2.40 bits per heavy atom. The lowest BCUT2D eigenvalue weighted by Crippen LogP contribution is -2.35. The van der Waals surface area contributed by atoms with Crippen LogP contribution in [0.25, 0.3) is 0 Å². The van der Waals surface area contributed by atoms with Gasteiger partial charge < -0.3 is 4.74 Å². The van der Waals surface area contributed by atoms with Gasteiger partial charge in [-0.05, 0) is 36.1 Å². The summed E-state index contributed by atoms with van der Waals surface area (Å²) in [5.41, 5.74) is 0.705. The Balaban J connectivity index is 2.78. The first-order valence-corrected chi connectivity index (χ1v) is 8.48. The first kappa shape index (κ1) is 17.3. The Bertz CT molecular complexity index is 564. The summed E-state index contributed by atoms with van der Waals surface area (Å²) in [5.74, 6) is 0.396. The Labute approximate surface area is 126 Å². The molecule has 0 amide bonds. The number of rotatable bonds is 5. The fourth-order valence-electron chi connectivity index (χ4n) is 1.73. The minimum Gasteiger partial charge on any atom is -0.493 e. The highest BCUT2D eigenvalue weighted by Crippen LogP contribution is 2.28. The van der Waals surface area contributed by atoms with Crippen molar-refractivity contribution in [2.45, 2.75) is 27.7 Å². The summed E-state index contributed by atoms with van der Waals surface area (Å²) in [5, 5.41) is 5.82. The van der Waals surface area contributed by atoms with Crippen molar-refractivity contribution in [2.24, 2.45) is 16.5 Å². The topological polar surface area (TPSA) is 69.4 Å². The average molecular weight is 320 g/mol. The smallest absolute Gasteiger partial charge is 0.209 e. The fraction of sp³-hybridized carbons (Fsp3) is 0.571. The molecule has 6 heteroatoms. The largest absolute Gasteiger partial charge is 0.493 e. The lowest BCUT2D eigenvalue weighted by Gasteiger charge is -2.29. The molecule has 0 saturated heterocycles. The molecule has 4 nitrogen and oxygen atoms in total. The highest BCUT2D eigenvalue weighted by molar-refractivity contribution is 7.89. The first-order chi connectivity index (χ1) is 8.99. The zero-order chi connectivity index (χ0) is 15.6. The van der Waals surface area contributed by atoms with Crippen LogP contribution in [0.15, 0.2) is 18.2 Å². The Hall–Kier alpha value is -0.780. The standard InChI is InChI=1S/C14H22ClNO3S/c1-10-7-12(5-6-13(10)15)19-8-11(14(2,3)4)9-20(16,17)18/h5-7,11H,8-9H2,1-4H3,(H2,16,17,18). The Morgan fingerprint density at radius 1 is 1.35 bits per heavy atom. The van der Waals surface area contributed by atoms with Crippen molar-refractivity contribution in [3.63, 3.8) is 0 Å². The maximum absolute atomic E-state index is 11.3. The van der Waals surface area contributed by atoms with Crippen LogP contribution >= 0.6 is 11.6 Å². The van der Waals surface area contributed by atoms with Gasteiger partial charge in [0, 0.05) is 10.9 Å². The molecule has 0 aromatic heterocycles. The maximum atomic E-state index is 11.3. The van der Waals surface area contributed by atoms with E-state index in [1.54, 1.807) is 12.1 Å². The molecule has 0 radical (unpaired) electrons.